The Labute approximate surface area is 133 Å². The van der Waals surface area contributed by atoms with E-state index in [4.69, 9.17) is 16.2 Å². The largest absolute Gasteiger partial charge is 0.488 e. The highest BCUT2D eigenvalue weighted by Crippen LogP contribution is 2.40. The number of thiazole rings is 1. The van der Waals surface area contributed by atoms with Gasteiger partial charge >= 0.3 is 0 Å². The second-order valence-electron chi connectivity index (χ2n) is 6.04. The summed E-state index contributed by atoms with van der Waals surface area (Å²) in [5.74, 6) is -0.105. The van der Waals surface area contributed by atoms with Crippen LogP contribution in [-0.4, -0.2) is 11.1 Å². The summed E-state index contributed by atoms with van der Waals surface area (Å²) >= 11 is 1.44. The third-order valence-corrected chi connectivity index (χ3v) is 4.87. The molecule has 118 valence electrons. The molecule has 1 aliphatic rings. The third-order valence-electron chi connectivity index (χ3n) is 3.94. The molecule has 0 unspecified atom stereocenters. The molecule has 1 aromatic heterocycles. The predicted octanol–water partition coefficient (Wildman–Crippen LogP) is 2.99. The number of hydrogen-bond donors (Lipinski definition) is 2. The fourth-order valence-corrected chi connectivity index (χ4v) is 3.93. The minimum absolute atomic E-state index is 0.0854. The lowest BCUT2D eigenvalue weighted by atomic mass is 9.78. The second-order valence-corrected chi connectivity index (χ2v) is 7.15. The van der Waals surface area contributed by atoms with Crippen molar-refractivity contribution in [3.63, 3.8) is 0 Å². The summed E-state index contributed by atoms with van der Waals surface area (Å²) in [6, 6.07) is 5.18. The molecule has 4 N–H and O–H groups in total. The Morgan fingerprint density at radius 1 is 1.41 bits per heavy atom. The van der Waals surface area contributed by atoms with Crippen LogP contribution in [0.25, 0.3) is 0 Å². The van der Waals surface area contributed by atoms with Crippen LogP contribution in [0.2, 0.25) is 0 Å². The first-order valence-corrected chi connectivity index (χ1v) is 8.19. The fraction of sp³-hybridized carbons (Fsp3) is 0.438. The van der Waals surface area contributed by atoms with Crippen LogP contribution in [0.3, 0.4) is 0 Å². The Bertz CT molecular complexity index is 701. The number of benzene rings is 1. The Balaban J connectivity index is 1.97. The normalized spacial score (nSPS) is 21.0. The van der Waals surface area contributed by atoms with Gasteiger partial charge in [0.15, 0.2) is 16.7 Å². The molecule has 4 nitrogen and oxygen atoms in total. The number of nitrogen functional groups attached to an aromatic ring is 1. The summed E-state index contributed by atoms with van der Waals surface area (Å²) in [5, 5.41) is 0.548. The van der Waals surface area contributed by atoms with E-state index in [2.05, 4.69) is 4.98 Å². The summed E-state index contributed by atoms with van der Waals surface area (Å²) in [4.78, 5) is 5.37. The Morgan fingerprint density at radius 3 is 2.91 bits per heavy atom. The average Bonchev–Trinajstić information content (AvgIpc) is 2.79. The number of aromatic nitrogens is 1. The quantitative estimate of drug-likeness (QED) is 0.911. The molecule has 0 saturated carbocycles. The van der Waals surface area contributed by atoms with E-state index in [9.17, 15) is 4.39 Å². The summed E-state index contributed by atoms with van der Waals surface area (Å²) < 4.78 is 20.3. The van der Waals surface area contributed by atoms with Crippen molar-refractivity contribution in [2.24, 2.45) is 5.73 Å². The van der Waals surface area contributed by atoms with Gasteiger partial charge in [-0.3, -0.25) is 0 Å². The highest BCUT2D eigenvalue weighted by molar-refractivity contribution is 7.15. The van der Waals surface area contributed by atoms with Crippen molar-refractivity contribution in [2.45, 2.75) is 44.8 Å². The monoisotopic (exact) mass is 321 g/mol. The zero-order valence-electron chi connectivity index (χ0n) is 12.7. The molecule has 1 atom stereocenters. The number of aryl methyl sites for hydroxylation is 1. The highest BCUT2D eigenvalue weighted by atomic mass is 32.1. The minimum Gasteiger partial charge on any atom is -0.488 e. The first kappa shape index (κ1) is 15.2. The summed E-state index contributed by atoms with van der Waals surface area (Å²) in [6.07, 6.45) is 1.83. The predicted molar refractivity (Wildman–Crippen MR) is 86.6 cm³/mol. The molecule has 0 amide bonds. The van der Waals surface area contributed by atoms with E-state index in [0.29, 0.717) is 30.0 Å². The van der Waals surface area contributed by atoms with Gasteiger partial charge in [0.2, 0.25) is 0 Å². The zero-order valence-corrected chi connectivity index (χ0v) is 13.5. The first-order valence-electron chi connectivity index (χ1n) is 7.37. The van der Waals surface area contributed by atoms with Crippen molar-refractivity contribution in [1.82, 2.24) is 4.98 Å². The van der Waals surface area contributed by atoms with Crippen LogP contribution < -0.4 is 16.2 Å². The molecule has 6 heteroatoms. The van der Waals surface area contributed by atoms with Crippen LogP contribution in [0.15, 0.2) is 18.2 Å². The fourth-order valence-electron chi connectivity index (χ4n) is 2.92. The maximum Gasteiger partial charge on any atom is 0.180 e. The van der Waals surface area contributed by atoms with Gasteiger partial charge in [0, 0.05) is 22.4 Å². The molecule has 0 saturated heterocycles. The molecule has 0 fully saturated rings. The van der Waals surface area contributed by atoms with Gasteiger partial charge in [-0.25, -0.2) is 9.37 Å². The molecule has 1 aromatic carbocycles. The van der Waals surface area contributed by atoms with Gasteiger partial charge in [0.1, 0.15) is 0 Å². The van der Waals surface area contributed by atoms with Crippen molar-refractivity contribution in [3.8, 4) is 5.75 Å². The van der Waals surface area contributed by atoms with Gasteiger partial charge in [-0.1, -0.05) is 12.1 Å². The lowest BCUT2D eigenvalue weighted by molar-refractivity contribution is 0.228. The van der Waals surface area contributed by atoms with Crippen molar-refractivity contribution < 1.29 is 9.13 Å². The topological polar surface area (TPSA) is 74.2 Å². The summed E-state index contributed by atoms with van der Waals surface area (Å²) in [6.45, 7) is 3.74. The van der Waals surface area contributed by atoms with E-state index >= 15 is 0 Å². The van der Waals surface area contributed by atoms with Gasteiger partial charge in [-0.2, -0.15) is 0 Å². The van der Waals surface area contributed by atoms with Crippen LogP contribution in [0.5, 0.6) is 5.75 Å². The van der Waals surface area contributed by atoms with Gasteiger partial charge in [-0.05, 0) is 32.8 Å². The Hall–Kier alpha value is -1.66. The van der Waals surface area contributed by atoms with Crippen LogP contribution in [0, 0.1) is 5.82 Å². The lowest BCUT2D eigenvalue weighted by Crippen LogP contribution is -2.42. The zero-order chi connectivity index (χ0) is 15.9. The molecule has 0 radical (unpaired) electrons. The van der Waals surface area contributed by atoms with E-state index in [-0.39, 0.29) is 17.7 Å². The van der Waals surface area contributed by atoms with Gasteiger partial charge in [0.05, 0.1) is 11.8 Å². The SMILES string of the molecule is CC(C)Oc1cccc([C@@]2(N)CCc3nc(N)sc3C2)c1F. The molecule has 0 aliphatic heterocycles. The maximum absolute atomic E-state index is 14.8. The number of ether oxygens (including phenoxy) is 1. The van der Waals surface area contributed by atoms with E-state index in [1.54, 1.807) is 18.2 Å². The minimum atomic E-state index is -0.744. The number of halogens is 1. The molecule has 0 spiro atoms. The van der Waals surface area contributed by atoms with Crippen molar-refractivity contribution in [3.05, 3.63) is 40.2 Å². The second kappa shape index (κ2) is 5.52. The average molecular weight is 321 g/mol. The third kappa shape index (κ3) is 2.68. The first-order chi connectivity index (χ1) is 10.4. The lowest BCUT2D eigenvalue weighted by Gasteiger charge is -2.33. The summed E-state index contributed by atoms with van der Waals surface area (Å²) in [5.41, 5.74) is 13.1. The molecule has 2 aromatic rings. The number of hydrogen-bond acceptors (Lipinski definition) is 5. The number of nitrogens with zero attached hydrogens (tertiary/aromatic N) is 1. The standard InChI is InChI=1S/C16H20FN3OS/c1-9(2)21-12-5-3-4-10(14(12)17)16(19)7-6-11-13(8-16)22-15(18)20-11/h3-5,9H,6-8,19H2,1-2H3,(H2,18,20)/t16-/m1/s1. The molecular weight excluding hydrogens is 301 g/mol. The van der Waals surface area contributed by atoms with Gasteiger partial charge < -0.3 is 16.2 Å². The molecule has 22 heavy (non-hydrogen) atoms. The van der Waals surface area contributed by atoms with Crippen LogP contribution in [0.1, 0.15) is 36.4 Å². The van der Waals surface area contributed by atoms with Crippen LogP contribution in [-0.2, 0) is 18.4 Å². The van der Waals surface area contributed by atoms with Crippen molar-refractivity contribution in [2.75, 3.05) is 5.73 Å². The Kier molecular flexibility index (Phi) is 3.82. The number of fused-ring (bicyclic) bond motifs is 1. The number of rotatable bonds is 3. The highest BCUT2D eigenvalue weighted by Gasteiger charge is 2.37. The number of nitrogens with two attached hydrogens (primary N) is 2. The van der Waals surface area contributed by atoms with Crippen LogP contribution in [0.4, 0.5) is 9.52 Å². The molecule has 0 bridgehead atoms. The summed E-state index contributed by atoms with van der Waals surface area (Å²) in [7, 11) is 0. The van der Waals surface area contributed by atoms with Crippen molar-refractivity contribution >= 4 is 16.5 Å². The number of anilines is 1. The van der Waals surface area contributed by atoms with Gasteiger partial charge in [-0.15, -0.1) is 11.3 Å². The molecule has 1 aliphatic carbocycles. The van der Waals surface area contributed by atoms with Crippen LogP contribution >= 0.6 is 11.3 Å². The van der Waals surface area contributed by atoms with E-state index < -0.39 is 5.54 Å². The Morgan fingerprint density at radius 2 is 2.18 bits per heavy atom. The van der Waals surface area contributed by atoms with Crippen molar-refractivity contribution in [1.29, 1.82) is 0 Å². The molecule has 3 rings (SSSR count). The van der Waals surface area contributed by atoms with E-state index in [1.807, 2.05) is 13.8 Å². The molecular formula is C16H20FN3OS. The van der Waals surface area contributed by atoms with E-state index in [1.165, 1.54) is 11.3 Å². The van der Waals surface area contributed by atoms with Gasteiger partial charge in [0.25, 0.3) is 0 Å². The van der Waals surface area contributed by atoms with E-state index in [0.717, 1.165) is 10.6 Å². The maximum atomic E-state index is 14.8. The smallest absolute Gasteiger partial charge is 0.180 e. The molecule has 1 heterocycles.